The van der Waals surface area contributed by atoms with E-state index in [0.29, 0.717) is 36.9 Å². The lowest BCUT2D eigenvalue weighted by molar-refractivity contribution is -0.134. The van der Waals surface area contributed by atoms with E-state index in [1.54, 1.807) is 6.07 Å². The highest BCUT2D eigenvalue weighted by Crippen LogP contribution is 2.29. The van der Waals surface area contributed by atoms with Crippen molar-refractivity contribution < 1.29 is 14.6 Å². The van der Waals surface area contributed by atoms with Crippen LogP contribution in [0.2, 0.25) is 5.02 Å². The van der Waals surface area contributed by atoms with Crippen molar-refractivity contribution >= 4 is 17.5 Å². The number of benzene rings is 1. The Morgan fingerprint density at radius 3 is 2.95 bits per heavy atom. The van der Waals surface area contributed by atoms with Crippen LogP contribution >= 0.6 is 11.6 Å². The number of para-hydroxylation sites is 1. The number of likely N-dealkylation sites (tertiary alicyclic amines) is 1. The topological polar surface area (TPSA) is 49.8 Å². The van der Waals surface area contributed by atoms with Crippen LogP contribution in [0, 0.1) is 5.92 Å². The zero-order chi connectivity index (χ0) is 15.4. The molecular formula is C16H22ClNO3. The van der Waals surface area contributed by atoms with Gasteiger partial charge >= 0.3 is 0 Å². The van der Waals surface area contributed by atoms with Gasteiger partial charge in [-0.15, -0.1) is 0 Å². The number of piperidine rings is 1. The van der Waals surface area contributed by atoms with E-state index in [4.69, 9.17) is 16.3 Å². The molecule has 5 heteroatoms. The maximum Gasteiger partial charge on any atom is 0.227 e. The second-order valence-corrected chi connectivity index (χ2v) is 5.92. The first kappa shape index (κ1) is 16.1. The second kappa shape index (κ2) is 7.14. The summed E-state index contributed by atoms with van der Waals surface area (Å²) < 4.78 is 5.55. The van der Waals surface area contributed by atoms with Crippen molar-refractivity contribution in [3.8, 4) is 5.75 Å². The molecule has 1 aliphatic rings. The molecule has 0 aromatic heterocycles. The molecule has 0 aliphatic carbocycles. The fourth-order valence-electron chi connectivity index (χ4n) is 2.63. The molecule has 1 saturated heterocycles. The van der Waals surface area contributed by atoms with Gasteiger partial charge < -0.3 is 14.7 Å². The molecule has 1 N–H and O–H groups in total. The lowest BCUT2D eigenvalue weighted by Crippen LogP contribution is -2.45. The first-order chi connectivity index (χ1) is 10.0. The molecule has 1 fully saturated rings. The number of halogens is 1. The number of rotatable bonds is 4. The molecule has 1 aromatic rings. The van der Waals surface area contributed by atoms with Gasteiger partial charge in [0.25, 0.3) is 0 Å². The molecule has 0 saturated carbocycles. The van der Waals surface area contributed by atoms with Crippen molar-refractivity contribution in [2.45, 2.75) is 32.8 Å². The molecule has 0 radical (unpaired) electrons. The van der Waals surface area contributed by atoms with E-state index in [0.717, 1.165) is 5.56 Å². The molecular weight excluding hydrogens is 290 g/mol. The average molecular weight is 312 g/mol. The van der Waals surface area contributed by atoms with Crippen LogP contribution in [0.5, 0.6) is 5.75 Å². The average Bonchev–Trinajstić information content (AvgIpc) is 2.45. The van der Waals surface area contributed by atoms with Gasteiger partial charge in [-0.1, -0.05) is 30.7 Å². The Hall–Kier alpha value is -1.26. The van der Waals surface area contributed by atoms with Crippen LogP contribution in [0.15, 0.2) is 18.2 Å². The first-order valence-electron chi connectivity index (χ1n) is 7.39. The van der Waals surface area contributed by atoms with Crippen LogP contribution in [0.25, 0.3) is 0 Å². The SMILES string of the molecule is CCOc1c(Cl)cccc1CC(=O)N1CC[C@H](O)[C@@H](C)C1. The van der Waals surface area contributed by atoms with E-state index in [-0.39, 0.29) is 24.3 Å². The fourth-order valence-corrected chi connectivity index (χ4v) is 2.88. The van der Waals surface area contributed by atoms with Crippen LogP contribution < -0.4 is 4.74 Å². The Morgan fingerprint density at radius 1 is 1.52 bits per heavy atom. The number of carbonyl (C=O) groups excluding carboxylic acids is 1. The van der Waals surface area contributed by atoms with Crippen molar-refractivity contribution in [3.63, 3.8) is 0 Å². The third-order valence-electron chi connectivity index (χ3n) is 3.89. The number of amides is 1. The summed E-state index contributed by atoms with van der Waals surface area (Å²) in [6, 6.07) is 5.47. The number of aliphatic hydroxyl groups excluding tert-OH is 1. The van der Waals surface area contributed by atoms with Crippen molar-refractivity contribution in [3.05, 3.63) is 28.8 Å². The van der Waals surface area contributed by atoms with Crippen LogP contribution in [-0.4, -0.2) is 41.7 Å². The molecule has 21 heavy (non-hydrogen) atoms. The number of aliphatic hydroxyl groups is 1. The molecule has 1 amide bonds. The van der Waals surface area contributed by atoms with Crippen LogP contribution in [0.4, 0.5) is 0 Å². The summed E-state index contributed by atoms with van der Waals surface area (Å²) in [6.07, 6.45) is 0.610. The molecule has 1 aliphatic heterocycles. The zero-order valence-electron chi connectivity index (χ0n) is 12.5. The lowest BCUT2D eigenvalue weighted by atomic mass is 9.96. The molecule has 0 bridgehead atoms. The Bertz CT molecular complexity index is 506. The highest BCUT2D eigenvalue weighted by atomic mass is 35.5. The minimum absolute atomic E-state index is 0.0527. The Balaban J connectivity index is 2.08. The maximum atomic E-state index is 12.4. The quantitative estimate of drug-likeness (QED) is 0.929. The van der Waals surface area contributed by atoms with Crippen molar-refractivity contribution in [2.75, 3.05) is 19.7 Å². The molecule has 1 aromatic carbocycles. The lowest BCUT2D eigenvalue weighted by Gasteiger charge is -2.34. The largest absolute Gasteiger partial charge is 0.492 e. The Labute approximate surface area is 130 Å². The summed E-state index contributed by atoms with van der Waals surface area (Å²) in [5, 5.41) is 10.3. The standard InChI is InChI=1S/C16H22ClNO3/c1-3-21-16-12(5-4-6-13(16)17)9-15(20)18-8-7-14(19)11(2)10-18/h4-6,11,14,19H,3,7-10H2,1-2H3/t11-,14-/m0/s1. The van der Waals surface area contributed by atoms with Gasteiger partial charge in [0.05, 0.1) is 24.2 Å². The number of nitrogens with zero attached hydrogens (tertiary/aromatic N) is 1. The summed E-state index contributed by atoms with van der Waals surface area (Å²) in [5.74, 6) is 0.769. The van der Waals surface area contributed by atoms with Gasteiger partial charge in [0.2, 0.25) is 5.91 Å². The summed E-state index contributed by atoms with van der Waals surface area (Å²) in [5.41, 5.74) is 0.813. The van der Waals surface area contributed by atoms with Crippen molar-refractivity contribution in [2.24, 2.45) is 5.92 Å². The van der Waals surface area contributed by atoms with Gasteiger partial charge in [0, 0.05) is 18.7 Å². The molecule has 1 heterocycles. The van der Waals surface area contributed by atoms with Crippen LogP contribution in [0.1, 0.15) is 25.8 Å². The first-order valence-corrected chi connectivity index (χ1v) is 7.76. The van der Waals surface area contributed by atoms with Gasteiger partial charge in [-0.05, 0) is 25.3 Å². The summed E-state index contributed by atoms with van der Waals surface area (Å²) in [7, 11) is 0. The summed E-state index contributed by atoms with van der Waals surface area (Å²) in [4.78, 5) is 14.2. The van der Waals surface area contributed by atoms with E-state index >= 15 is 0 Å². The molecule has 4 nitrogen and oxygen atoms in total. The molecule has 0 spiro atoms. The third kappa shape index (κ3) is 3.89. The van der Waals surface area contributed by atoms with Crippen LogP contribution in [-0.2, 0) is 11.2 Å². The van der Waals surface area contributed by atoms with E-state index in [1.165, 1.54) is 0 Å². The van der Waals surface area contributed by atoms with Gasteiger partial charge in [-0.3, -0.25) is 4.79 Å². The Morgan fingerprint density at radius 2 is 2.29 bits per heavy atom. The van der Waals surface area contributed by atoms with Crippen LogP contribution in [0.3, 0.4) is 0 Å². The van der Waals surface area contributed by atoms with Gasteiger partial charge in [-0.25, -0.2) is 0 Å². The monoisotopic (exact) mass is 311 g/mol. The predicted molar refractivity (Wildman–Crippen MR) is 82.7 cm³/mol. The molecule has 116 valence electrons. The smallest absolute Gasteiger partial charge is 0.227 e. The highest BCUT2D eigenvalue weighted by molar-refractivity contribution is 6.32. The van der Waals surface area contributed by atoms with E-state index < -0.39 is 0 Å². The number of ether oxygens (including phenoxy) is 1. The number of carbonyl (C=O) groups is 1. The molecule has 0 unspecified atom stereocenters. The van der Waals surface area contributed by atoms with E-state index in [9.17, 15) is 9.90 Å². The predicted octanol–water partition coefficient (Wildman–Crippen LogP) is 2.51. The van der Waals surface area contributed by atoms with E-state index in [1.807, 2.05) is 30.9 Å². The van der Waals surface area contributed by atoms with Gasteiger partial charge in [0.1, 0.15) is 5.75 Å². The normalized spacial score (nSPS) is 22.2. The summed E-state index contributed by atoms with van der Waals surface area (Å²) >= 11 is 6.14. The Kier molecular flexibility index (Phi) is 5.48. The fraction of sp³-hybridized carbons (Fsp3) is 0.562. The third-order valence-corrected chi connectivity index (χ3v) is 4.19. The van der Waals surface area contributed by atoms with Gasteiger partial charge in [0.15, 0.2) is 0 Å². The highest BCUT2D eigenvalue weighted by Gasteiger charge is 2.27. The molecule has 2 rings (SSSR count). The minimum Gasteiger partial charge on any atom is -0.492 e. The minimum atomic E-state index is -0.306. The summed E-state index contributed by atoms with van der Waals surface area (Å²) in [6.45, 7) is 5.58. The van der Waals surface area contributed by atoms with Gasteiger partial charge in [-0.2, -0.15) is 0 Å². The maximum absolute atomic E-state index is 12.4. The van der Waals surface area contributed by atoms with Crippen molar-refractivity contribution in [1.82, 2.24) is 4.90 Å². The number of hydrogen-bond donors (Lipinski definition) is 1. The molecule has 2 atom stereocenters. The zero-order valence-corrected chi connectivity index (χ0v) is 13.3. The van der Waals surface area contributed by atoms with Crippen molar-refractivity contribution in [1.29, 1.82) is 0 Å². The number of hydrogen-bond acceptors (Lipinski definition) is 3. The second-order valence-electron chi connectivity index (χ2n) is 5.51. The van der Waals surface area contributed by atoms with E-state index in [2.05, 4.69) is 0 Å².